The Hall–Kier alpha value is -3.27. The maximum absolute atomic E-state index is 7.45. The van der Waals surface area contributed by atoms with Crippen molar-refractivity contribution in [2.45, 2.75) is 84.3 Å². The van der Waals surface area contributed by atoms with Gasteiger partial charge in [0.2, 0.25) is 15.1 Å². The van der Waals surface area contributed by atoms with Gasteiger partial charge in [-0.05, 0) is 69.1 Å². The van der Waals surface area contributed by atoms with Crippen LogP contribution in [0.25, 0.3) is 5.57 Å². The van der Waals surface area contributed by atoms with Crippen LogP contribution in [0.15, 0.2) is 71.4 Å². The van der Waals surface area contributed by atoms with Gasteiger partial charge >= 0.3 is 0 Å². The van der Waals surface area contributed by atoms with Gasteiger partial charge in [-0.15, -0.1) is 0 Å². The van der Waals surface area contributed by atoms with Gasteiger partial charge in [-0.25, -0.2) is 0 Å². The van der Waals surface area contributed by atoms with Crippen molar-refractivity contribution < 1.29 is 23.4 Å². The molecule has 0 atom stereocenters. The third-order valence-corrected chi connectivity index (χ3v) is 19.2. The van der Waals surface area contributed by atoms with Gasteiger partial charge in [0.25, 0.3) is 0 Å². The van der Waals surface area contributed by atoms with E-state index in [1.54, 1.807) is 7.11 Å². The Balaban J connectivity index is 1.65. The van der Waals surface area contributed by atoms with E-state index in [0.29, 0.717) is 29.8 Å². The van der Waals surface area contributed by atoms with Gasteiger partial charge in [0, 0.05) is 11.1 Å². The van der Waals surface area contributed by atoms with Crippen LogP contribution < -0.4 is 24.1 Å². The molecule has 238 valence electrons. The molecular weight excluding hydrogens is 593 g/mol. The summed E-state index contributed by atoms with van der Waals surface area (Å²) in [4.78, 5) is 0. The minimum atomic E-state index is -2.18. The minimum absolute atomic E-state index is 0.218. The van der Waals surface area contributed by atoms with Crippen molar-refractivity contribution in [3.05, 3.63) is 93.7 Å². The third kappa shape index (κ3) is 5.36. The van der Waals surface area contributed by atoms with Gasteiger partial charge in [-0.1, -0.05) is 102 Å². The van der Waals surface area contributed by atoms with Crippen LogP contribution in [0.5, 0.6) is 23.0 Å². The fraction of sp³-hybridized carbons (Fsp3) is 0.421. The fourth-order valence-corrected chi connectivity index (χ4v) is 15.9. The molecule has 1 aliphatic carbocycles. The van der Waals surface area contributed by atoms with Crippen LogP contribution in [0.3, 0.4) is 0 Å². The molecule has 0 fully saturated rings. The summed E-state index contributed by atoms with van der Waals surface area (Å²) >= 11 is 0. The predicted molar refractivity (Wildman–Crippen MR) is 188 cm³/mol. The average Bonchev–Trinajstić information content (AvgIpc) is 3.42. The summed E-state index contributed by atoms with van der Waals surface area (Å²) in [6.07, 6.45) is 0.820. The van der Waals surface area contributed by atoms with Gasteiger partial charge < -0.3 is 23.4 Å². The molecule has 0 spiro atoms. The zero-order valence-corrected chi connectivity index (χ0v) is 30.4. The Labute approximate surface area is 271 Å². The summed E-state index contributed by atoms with van der Waals surface area (Å²) in [7, 11) is -2.45. The van der Waals surface area contributed by atoms with E-state index in [-0.39, 0.29) is 6.79 Å². The number of rotatable bonds is 9. The minimum Gasteiger partial charge on any atom is -0.493 e. The van der Waals surface area contributed by atoms with E-state index in [0.717, 1.165) is 46.1 Å². The normalized spacial score (nSPS) is 16.7. The largest absolute Gasteiger partial charge is 0.493 e. The first-order valence-electron chi connectivity index (χ1n) is 16.4. The highest BCUT2D eigenvalue weighted by molar-refractivity contribution is 6.94. The molecule has 2 aliphatic heterocycles. The first-order valence-corrected chi connectivity index (χ1v) is 21.6. The maximum atomic E-state index is 7.45. The Kier molecular flexibility index (Phi) is 8.56. The highest BCUT2D eigenvalue weighted by Crippen LogP contribution is 2.53. The lowest BCUT2D eigenvalue weighted by molar-refractivity contribution is 0.171. The van der Waals surface area contributed by atoms with Crippen molar-refractivity contribution in [2.24, 2.45) is 0 Å². The van der Waals surface area contributed by atoms with E-state index in [1.165, 1.54) is 27.5 Å². The van der Waals surface area contributed by atoms with E-state index < -0.39 is 16.4 Å². The van der Waals surface area contributed by atoms with Gasteiger partial charge in [-0.3, -0.25) is 0 Å². The molecule has 0 unspecified atom stereocenters. The first kappa shape index (κ1) is 31.7. The van der Waals surface area contributed by atoms with Crippen LogP contribution >= 0.6 is 0 Å². The molecule has 0 N–H and O–H groups in total. The predicted octanol–water partition coefficient (Wildman–Crippen LogP) is 8.95. The highest BCUT2D eigenvalue weighted by Gasteiger charge is 2.46. The summed E-state index contributed by atoms with van der Waals surface area (Å²) < 4.78 is 31.9. The van der Waals surface area contributed by atoms with Crippen LogP contribution in [0.2, 0.25) is 29.7 Å². The van der Waals surface area contributed by atoms with E-state index in [2.05, 4.69) is 109 Å². The maximum Gasteiger partial charge on any atom is 0.231 e. The Morgan fingerprint density at radius 1 is 0.822 bits per heavy atom. The molecule has 3 aromatic carbocycles. The Morgan fingerprint density at radius 3 is 2.20 bits per heavy atom. The van der Waals surface area contributed by atoms with Crippen molar-refractivity contribution in [1.82, 2.24) is 0 Å². The lowest BCUT2D eigenvalue weighted by Gasteiger charge is -2.43. The molecular formula is C38H48O5Si2. The lowest BCUT2D eigenvalue weighted by atomic mass is 9.78. The molecule has 0 aromatic heterocycles. The molecule has 0 saturated carbocycles. The van der Waals surface area contributed by atoms with Crippen LogP contribution in [0, 0.1) is 0 Å². The van der Waals surface area contributed by atoms with Gasteiger partial charge in [-0.2, -0.15) is 0 Å². The van der Waals surface area contributed by atoms with Crippen molar-refractivity contribution in [2.75, 3.05) is 20.5 Å². The van der Waals surface area contributed by atoms with Crippen LogP contribution in [0.1, 0.15) is 63.8 Å². The third-order valence-electron chi connectivity index (χ3n) is 10.2. The molecule has 0 radical (unpaired) electrons. The van der Waals surface area contributed by atoms with E-state index in [4.69, 9.17) is 23.4 Å². The standard InChI is InChI=1S/C38H48O5Si2/c1-24(2)45(25(3)4,26(5)6)43-21-31-28(22-44(8,9)29-13-11-10-12-14-29)19-27-15-17-33(39-7)38-35(27)36(31)30-16-18-34-37(42-23-41-34)32(30)20-40-38/h10-18,22,24-26H,19-21,23H2,1-9H3/b28-22-. The molecule has 0 saturated heterocycles. The number of methoxy groups -OCH3 is 1. The lowest BCUT2D eigenvalue weighted by Crippen LogP contribution is -2.48. The van der Waals surface area contributed by atoms with Gasteiger partial charge in [0.05, 0.1) is 13.7 Å². The van der Waals surface area contributed by atoms with Crippen LogP contribution in [-0.4, -0.2) is 36.9 Å². The zero-order valence-electron chi connectivity index (χ0n) is 28.4. The Bertz CT molecular complexity index is 1630. The second-order valence-corrected chi connectivity index (χ2v) is 23.9. The molecule has 3 aromatic rings. The van der Waals surface area contributed by atoms with Gasteiger partial charge in [0.1, 0.15) is 14.7 Å². The molecule has 5 nitrogen and oxygen atoms in total. The zero-order chi connectivity index (χ0) is 32.1. The molecule has 3 aliphatic rings. The number of hydrogen-bond acceptors (Lipinski definition) is 5. The van der Waals surface area contributed by atoms with Crippen molar-refractivity contribution in [3.63, 3.8) is 0 Å². The quantitative estimate of drug-likeness (QED) is 0.219. The topological polar surface area (TPSA) is 46.2 Å². The summed E-state index contributed by atoms with van der Waals surface area (Å²) in [6.45, 7) is 20.2. The summed E-state index contributed by atoms with van der Waals surface area (Å²) in [6, 6.07) is 19.5. The number of hydrogen-bond donors (Lipinski definition) is 0. The van der Waals surface area contributed by atoms with Crippen molar-refractivity contribution in [3.8, 4) is 23.0 Å². The van der Waals surface area contributed by atoms with E-state index in [9.17, 15) is 0 Å². The molecule has 7 heteroatoms. The summed E-state index contributed by atoms with van der Waals surface area (Å²) in [5.74, 6) is 3.09. The second kappa shape index (κ2) is 12.2. The van der Waals surface area contributed by atoms with Gasteiger partial charge in [0.15, 0.2) is 23.0 Å². The van der Waals surface area contributed by atoms with Crippen LogP contribution in [-0.2, 0) is 17.5 Å². The Morgan fingerprint density at radius 2 is 1.53 bits per heavy atom. The van der Waals surface area contributed by atoms with E-state index in [1.807, 2.05) is 6.07 Å². The second-order valence-electron chi connectivity index (χ2n) is 14.1. The average molecular weight is 641 g/mol. The molecule has 0 amide bonds. The molecule has 45 heavy (non-hydrogen) atoms. The molecule has 2 heterocycles. The first-order chi connectivity index (χ1) is 21.5. The number of fused-ring (bicyclic) bond motifs is 4. The monoisotopic (exact) mass is 640 g/mol. The fourth-order valence-electron chi connectivity index (χ4n) is 8.19. The number of ether oxygens (including phenoxy) is 4. The van der Waals surface area contributed by atoms with Crippen molar-refractivity contribution >= 4 is 27.2 Å². The highest BCUT2D eigenvalue weighted by atomic mass is 28.4. The molecule has 0 bridgehead atoms. The van der Waals surface area contributed by atoms with Crippen molar-refractivity contribution in [1.29, 1.82) is 0 Å². The smallest absolute Gasteiger partial charge is 0.231 e. The SMILES string of the molecule is COc1ccc2c3c1OCc1c(ccc4c1OCO4)C3=C(CO[Si](C(C)C)(C(C)C)C(C)C)/C(=C\[Si](C)(C)c1ccccc1)C2. The van der Waals surface area contributed by atoms with E-state index >= 15 is 0 Å². The summed E-state index contributed by atoms with van der Waals surface area (Å²) in [5, 5.41) is 1.42. The van der Waals surface area contributed by atoms with Crippen LogP contribution in [0.4, 0.5) is 0 Å². The molecule has 6 rings (SSSR count). The number of benzene rings is 3. The summed E-state index contributed by atoms with van der Waals surface area (Å²) in [5.41, 5.74) is 12.4.